The van der Waals surface area contributed by atoms with Crippen LogP contribution in [-0.4, -0.2) is 60.7 Å². The van der Waals surface area contributed by atoms with Crippen molar-refractivity contribution in [3.8, 4) is 5.75 Å². The van der Waals surface area contributed by atoms with E-state index in [0.717, 1.165) is 52.7 Å². The van der Waals surface area contributed by atoms with Gasteiger partial charge < -0.3 is 19.9 Å². The van der Waals surface area contributed by atoms with E-state index in [1.807, 2.05) is 68.6 Å². The number of aliphatic imine (C=N–C) groups is 1. The molecule has 3 rings (SSSR count). The Morgan fingerprint density at radius 3 is 2.61 bits per heavy atom. The van der Waals surface area contributed by atoms with Crippen LogP contribution in [0.4, 0.5) is 0 Å². The van der Waals surface area contributed by atoms with Crippen molar-refractivity contribution in [3.63, 3.8) is 0 Å². The average Bonchev–Trinajstić information content (AvgIpc) is 3.04. The van der Waals surface area contributed by atoms with Crippen LogP contribution in [0, 0.1) is 0 Å². The van der Waals surface area contributed by atoms with E-state index < -0.39 is 0 Å². The minimum atomic E-state index is -0.0517. The third-order valence-electron chi connectivity index (χ3n) is 6.71. The molecule has 1 amide bonds. The molecule has 6 nitrogen and oxygen atoms in total. The third kappa shape index (κ3) is 8.23. The van der Waals surface area contributed by atoms with Crippen LogP contribution in [-0.2, 0) is 11.3 Å². The molecular formula is C31H42N4O2S. The number of carbonyl (C=O) groups is 1. The highest BCUT2D eigenvalue weighted by molar-refractivity contribution is 8.13. The first-order chi connectivity index (χ1) is 18.4. The average molecular weight is 535 g/mol. The Hall–Kier alpha value is -3.03. The number of hydrogen-bond acceptors (Lipinski definition) is 6. The third-order valence-corrected chi connectivity index (χ3v) is 7.39. The van der Waals surface area contributed by atoms with E-state index in [1.165, 1.54) is 0 Å². The molecule has 1 heterocycles. The molecule has 38 heavy (non-hydrogen) atoms. The summed E-state index contributed by atoms with van der Waals surface area (Å²) in [6.07, 6.45) is 5.71. The topological polar surface area (TPSA) is 57.2 Å². The maximum atomic E-state index is 13.9. The summed E-state index contributed by atoms with van der Waals surface area (Å²) >= 11 is 1.59. The van der Waals surface area contributed by atoms with Crippen molar-refractivity contribution in [2.45, 2.75) is 46.3 Å². The number of rotatable bonds is 11. The molecule has 0 aliphatic carbocycles. The number of allylic oxidation sites excluding steroid dienone is 1. The zero-order chi connectivity index (χ0) is 27.5. The first kappa shape index (κ1) is 29.5. The van der Waals surface area contributed by atoms with Gasteiger partial charge in [0.05, 0.1) is 10.6 Å². The number of benzene rings is 2. The number of nitrogens with zero attached hydrogens (tertiary/aromatic N) is 3. The molecule has 2 aromatic rings. The molecule has 204 valence electrons. The van der Waals surface area contributed by atoms with Crippen molar-refractivity contribution in [1.82, 2.24) is 15.1 Å². The van der Waals surface area contributed by atoms with Crippen molar-refractivity contribution in [2.24, 2.45) is 4.99 Å². The van der Waals surface area contributed by atoms with Gasteiger partial charge in [-0.15, -0.1) is 11.8 Å². The summed E-state index contributed by atoms with van der Waals surface area (Å²) in [7, 11) is 3.97. The fraction of sp³-hybridized carbons (Fsp3) is 0.419. The molecule has 0 bridgehead atoms. The van der Waals surface area contributed by atoms with Crippen molar-refractivity contribution in [2.75, 3.05) is 40.0 Å². The zero-order valence-corrected chi connectivity index (χ0v) is 24.5. The highest BCUT2D eigenvalue weighted by Gasteiger charge is 2.27. The van der Waals surface area contributed by atoms with E-state index in [4.69, 9.17) is 9.73 Å². The van der Waals surface area contributed by atoms with Crippen LogP contribution in [0.1, 0.15) is 50.8 Å². The molecule has 1 aliphatic heterocycles. The smallest absolute Gasteiger partial charge is 0.257 e. The lowest BCUT2D eigenvalue weighted by atomic mass is 10.1. The van der Waals surface area contributed by atoms with E-state index >= 15 is 0 Å². The van der Waals surface area contributed by atoms with E-state index in [0.29, 0.717) is 25.2 Å². The second kappa shape index (κ2) is 14.8. The Balaban J connectivity index is 1.87. The Morgan fingerprint density at radius 2 is 1.92 bits per heavy atom. The Morgan fingerprint density at radius 1 is 1.16 bits per heavy atom. The first-order valence-corrected chi connectivity index (χ1v) is 14.5. The fourth-order valence-corrected chi connectivity index (χ4v) is 4.43. The van der Waals surface area contributed by atoms with Crippen LogP contribution >= 0.6 is 11.8 Å². The van der Waals surface area contributed by atoms with Gasteiger partial charge in [-0.1, -0.05) is 55.0 Å². The normalized spacial score (nSPS) is 16.1. The largest absolute Gasteiger partial charge is 0.486 e. The van der Waals surface area contributed by atoms with Gasteiger partial charge in [0.1, 0.15) is 17.7 Å². The second-order valence-electron chi connectivity index (χ2n) is 9.62. The number of likely N-dealkylation sites (N-methyl/N-ethyl adjacent to an activating group) is 1. The maximum absolute atomic E-state index is 13.9. The quantitative estimate of drug-likeness (QED) is 0.281. The van der Waals surface area contributed by atoms with Gasteiger partial charge in [0.15, 0.2) is 0 Å². The molecule has 1 unspecified atom stereocenters. The second-order valence-corrected chi connectivity index (χ2v) is 10.6. The van der Waals surface area contributed by atoms with Crippen LogP contribution in [0.3, 0.4) is 0 Å². The summed E-state index contributed by atoms with van der Waals surface area (Å²) in [5.41, 5.74) is 4.01. The lowest BCUT2D eigenvalue weighted by Gasteiger charge is -2.23. The molecule has 0 aromatic heterocycles. The van der Waals surface area contributed by atoms with Crippen LogP contribution in [0.2, 0.25) is 0 Å². The lowest BCUT2D eigenvalue weighted by Crippen LogP contribution is -2.33. The van der Waals surface area contributed by atoms with E-state index in [1.54, 1.807) is 11.8 Å². The monoisotopic (exact) mass is 534 g/mol. The van der Waals surface area contributed by atoms with Crippen LogP contribution < -0.4 is 10.1 Å². The SMILES string of the molecule is CC/C(C)=C\C1=C(/N=C(\C)SC)N(C)CCN(Cc2cccc(OC(CCNC)c3ccccc3)c2)C1=O. The Bertz CT molecular complexity index is 1160. The predicted octanol–water partition coefficient (Wildman–Crippen LogP) is 6.04. The van der Waals surface area contributed by atoms with Gasteiger partial charge in [-0.05, 0) is 69.5 Å². The summed E-state index contributed by atoms with van der Waals surface area (Å²) in [5, 5.41) is 4.16. The van der Waals surface area contributed by atoms with Gasteiger partial charge >= 0.3 is 0 Å². The summed E-state index contributed by atoms with van der Waals surface area (Å²) in [4.78, 5) is 22.7. The Kier molecular flexibility index (Phi) is 11.5. The van der Waals surface area contributed by atoms with Crippen molar-refractivity contribution in [3.05, 3.63) is 88.8 Å². The standard InChI is InChI=1S/C31H42N4O2S/c1-7-23(2)20-28-30(33-24(3)38-6)34(5)18-19-35(31(28)36)22-25-12-11-15-27(21-25)37-29(16-17-32-4)26-13-9-8-10-14-26/h8-15,20-21,29,32H,7,16-19,22H2,1-6H3/b23-20-,33-24+. The van der Waals surface area contributed by atoms with Crippen LogP contribution in [0.25, 0.3) is 0 Å². The fourth-order valence-electron chi connectivity index (χ4n) is 4.25. The summed E-state index contributed by atoms with van der Waals surface area (Å²) in [6.45, 7) is 8.86. The number of nitrogens with one attached hydrogen (secondary N) is 1. The molecule has 0 saturated carbocycles. The molecule has 1 aliphatic rings. The Labute approximate surface area is 232 Å². The van der Waals surface area contributed by atoms with Crippen LogP contribution in [0.15, 0.2) is 82.6 Å². The van der Waals surface area contributed by atoms with Crippen LogP contribution in [0.5, 0.6) is 5.75 Å². The van der Waals surface area contributed by atoms with Gasteiger partial charge in [0.25, 0.3) is 5.91 Å². The molecule has 0 spiro atoms. The maximum Gasteiger partial charge on any atom is 0.257 e. The van der Waals surface area contributed by atoms with Gasteiger partial charge in [-0.25, -0.2) is 4.99 Å². The molecule has 0 fully saturated rings. The number of thioether (sulfide) groups is 1. The molecule has 1 N–H and O–H groups in total. The molecule has 1 atom stereocenters. The summed E-state index contributed by atoms with van der Waals surface area (Å²) in [5.74, 6) is 1.56. The number of ether oxygens (including phenoxy) is 1. The summed E-state index contributed by atoms with van der Waals surface area (Å²) < 4.78 is 6.47. The minimum Gasteiger partial charge on any atom is -0.486 e. The number of carbonyl (C=O) groups excluding carboxylic acids is 1. The zero-order valence-electron chi connectivity index (χ0n) is 23.7. The van der Waals surface area contributed by atoms with Gasteiger partial charge in [-0.2, -0.15) is 0 Å². The van der Waals surface area contributed by atoms with Gasteiger partial charge in [-0.3, -0.25) is 4.79 Å². The highest BCUT2D eigenvalue weighted by Crippen LogP contribution is 2.27. The first-order valence-electron chi connectivity index (χ1n) is 13.3. The molecular weight excluding hydrogens is 492 g/mol. The van der Waals surface area contributed by atoms with Gasteiger partial charge in [0.2, 0.25) is 0 Å². The number of amides is 1. The summed E-state index contributed by atoms with van der Waals surface area (Å²) in [6, 6.07) is 18.4. The van der Waals surface area contributed by atoms with Gasteiger partial charge in [0, 0.05) is 33.1 Å². The molecule has 0 saturated heterocycles. The minimum absolute atomic E-state index is 0.0114. The molecule has 2 aromatic carbocycles. The highest BCUT2D eigenvalue weighted by atomic mass is 32.2. The predicted molar refractivity (Wildman–Crippen MR) is 161 cm³/mol. The van der Waals surface area contributed by atoms with Crippen molar-refractivity contribution < 1.29 is 9.53 Å². The lowest BCUT2D eigenvalue weighted by molar-refractivity contribution is -0.127. The van der Waals surface area contributed by atoms with Crippen molar-refractivity contribution in [1.29, 1.82) is 0 Å². The van der Waals surface area contributed by atoms with E-state index in [9.17, 15) is 4.79 Å². The molecule has 0 radical (unpaired) electrons. The number of hydrogen-bond donors (Lipinski definition) is 1. The van der Waals surface area contributed by atoms with E-state index in [-0.39, 0.29) is 12.0 Å². The van der Waals surface area contributed by atoms with Crippen molar-refractivity contribution >= 4 is 22.7 Å². The van der Waals surface area contributed by atoms with E-state index in [2.05, 4.69) is 48.3 Å². The molecule has 7 heteroatoms.